The summed E-state index contributed by atoms with van der Waals surface area (Å²) < 4.78 is 5.74. The zero-order valence-electron chi connectivity index (χ0n) is 30.5. The van der Waals surface area contributed by atoms with E-state index in [9.17, 15) is 0 Å². The van der Waals surface area contributed by atoms with Crippen LogP contribution in [0.2, 0.25) is 0 Å². The Balaban J connectivity index is 0.957. The highest BCUT2D eigenvalue weighted by atomic mass is 16.5. The molecule has 2 nitrogen and oxygen atoms in total. The molecule has 0 aromatic heterocycles. The van der Waals surface area contributed by atoms with Gasteiger partial charge in [0.15, 0.2) is 0 Å². The fourth-order valence-electron chi connectivity index (χ4n) is 26.1. The lowest BCUT2D eigenvalue weighted by molar-refractivity contribution is -0.158. The van der Waals surface area contributed by atoms with Crippen molar-refractivity contribution in [3.8, 4) is 5.75 Å². The van der Waals surface area contributed by atoms with Gasteiger partial charge >= 0.3 is 0 Å². The van der Waals surface area contributed by atoms with E-state index in [2.05, 4.69) is 59.5 Å². The molecule has 0 radical (unpaired) electrons. The van der Waals surface area contributed by atoms with Crippen molar-refractivity contribution in [2.75, 3.05) is 20.7 Å². The maximum Gasteiger partial charge on any atom is 0.118 e. The molecule has 0 amide bonds. The van der Waals surface area contributed by atoms with Gasteiger partial charge in [0.25, 0.3) is 0 Å². The van der Waals surface area contributed by atoms with Crippen molar-refractivity contribution in [1.82, 2.24) is 4.90 Å². The SMILES string of the molecule is COc1ccc(C2C3C4CC5=CC6CC7CC8CC9CC%10CC%11=CC3(CN2C)C2C%11C3C%10C%10C9C8C8C7C7C6C5C5C4C2C2C5C7C8C%10C32)cc1. The Kier molecular flexibility index (Phi) is 3.88. The standard InChI is InChI=1S/C49H55NO/c1-50-15-49-14-23-12-21-10-18-7-17-8-20-9-19-11-22-13-25(46(49)48(50)16-3-5-24(51-2)6-4-16)33-38-29(22)28(19)35-30(20)34-26(17)27(18)36-31(21)37-32(23)47(49)45(33)44-42(37)40(36)39(34)41(35)43(38)44/h3-6,11,14,17-21,25-48H,7-10,12-13,15H2,1-2H3. The molecule has 1 aliphatic heterocycles. The van der Waals surface area contributed by atoms with E-state index < -0.39 is 0 Å². The molecule has 51 heavy (non-hydrogen) atoms. The lowest BCUT2D eigenvalue weighted by atomic mass is 9.40. The van der Waals surface area contributed by atoms with Crippen molar-refractivity contribution in [3.63, 3.8) is 0 Å². The molecule has 17 aliphatic rings. The summed E-state index contributed by atoms with van der Waals surface area (Å²) in [6.07, 6.45) is 16.1. The van der Waals surface area contributed by atoms with Crippen LogP contribution in [0.15, 0.2) is 47.6 Å². The molecular weight excluding hydrogens is 619 g/mol. The fourth-order valence-corrected chi connectivity index (χ4v) is 26.1. The van der Waals surface area contributed by atoms with E-state index in [1.807, 2.05) is 7.11 Å². The minimum absolute atomic E-state index is 0.420. The molecule has 14 saturated carbocycles. The lowest BCUT2D eigenvalue weighted by Gasteiger charge is -2.63. The molecule has 16 aliphatic carbocycles. The molecule has 262 valence electrons. The second-order valence-electron chi connectivity index (χ2n) is 23.9. The molecule has 1 heterocycles. The first kappa shape index (κ1) is 26.3. The Hall–Kier alpha value is -1.54. The number of hydrogen-bond acceptors (Lipinski definition) is 2. The van der Waals surface area contributed by atoms with Crippen molar-refractivity contribution in [3.05, 3.63) is 53.1 Å². The van der Waals surface area contributed by atoms with Crippen LogP contribution in [0.1, 0.15) is 50.1 Å². The van der Waals surface area contributed by atoms with Gasteiger partial charge in [-0.1, -0.05) is 35.4 Å². The summed E-state index contributed by atoms with van der Waals surface area (Å²) in [5.74, 6) is 31.7. The van der Waals surface area contributed by atoms with Gasteiger partial charge < -0.3 is 4.74 Å². The molecule has 2 heteroatoms. The van der Waals surface area contributed by atoms with Crippen molar-refractivity contribution in [2.24, 2.45) is 171 Å². The second-order valence-corrected chi connectivity index (χ2v) is 23.9. The van der Waals surface area contributed by atoms with Crippen LogP contribution in [-0.4, -0.2) is 25.6 Å². The number of benzene rings is 1. The zero-order valence-corrected chi connectivity index (χ0v) is 30.5. The average molecular weight is 674 g/mol. The second kappa shape index (κ2) is 7.52. The minimum Gasteiger partial charge on any atom is -0.497 e. The van der Waals surface area contributed by atoms with Gasteiger partial charge in [-0.3, -0.25) is 4.90 Å². The van der Waals surface area contributed by atoms with Crippen molar-refractivity contribution < 1.29 is 4.74 Å². The van der Waals surface area contributed by atoms with Crippen LogP contribution in [0.3, 0.4) is 0 Å². The normalized spacial score (nSPS) is 73.2. The number of ether oxygens (including phenoxy) is 1. The van der Waals surface area contributed by atoms with E-state index in [1.165, 1.54) is 60.3 Å². The van der Waals surface area contributed by atoms with Crippen molar-refractivity contribution >= 4 is 0 Å². The summed E-state index contributed by atoms with van der Waals surface area (Å²) in [6, 6.07) is 10.2. The first-order valence-corrected chi connectivity index (χ1v) is 22.9. The van der Waals surface area contributed by atoms with E-state index in [0.717, 1.165) is 124 Å². The smallest absolute Gasteiger partial charge is 0.118 e. The molecular formula is C49H55NO. The number of rotatable bonds is 2. The number of nitrogens with zero attached hydrogens (tertiary/aromatic N) is 1. The van der Waals surface area contributed by atoms with Crippen LogP contribution in [0, 0.1) is 171 Å². The molecule has 0 N–H and O–H groups in total. The van der Waals surface area contributed by atoms with Crippen LogP contribution < -0.4 is 4.74 Å². The molecule has 30 unspecified atom stereocenters. The Morgan fingerprint density at radius 2 is 1.18 bits per heavy atom. The minimum atomic E-state index is 0.420. The highest BCUT2D eigenvalue weighted by molar-refractivity contribution is 5.47. The van der Waals surface area contributed by atoms with Gasteiger partial charge in [-0.15, -0.1) is 0 Å². The topological polar surface area (TPSA) is 12.5 Å². The molecule has 0 bridgehead atoms. The lowest BCUT2D eigenvalue weighted by Crippen LogP contribution is -2.61. The molecule has 15 fully saturated rings. The summed E-state index contributed by atoms with van der Waals surface area (Å²) in [5, 5.41) is 0. The molecule has 1 aromatic carbocycles. The highest BCUT2D eigenvalue weighted by Gasteiger charge is 2.89. The Labute approximate surface area is 304 Å². The molecule has 1 aromatic rings. The van der Waals surface area contributed by atoms with E-state index >= 15 is 0 Å². The number of hydrogen-bond donors (Lipinski definition) is 0. The van der Waals surface area contributed by atoms with Crippen LogP contribution in [0.25, 0.3) is 0 Å². The third-order valence-corrected chi connectivity index (χ3v) is 24.6. The van der Waals surface area contributed by atoms with Crippen molar-refractivity contribution in [2.45, 2.75) is 44.6 Å². The number of fused-ring (bicyclic) bond motifs is 1. The first-order valence-electron chi connectivity index (χ1n) is 22.9. The maximum atomic E-state index is 5.74. The maximum absolute atomic E-state index is 5.74. The van der Waals surface area contributed by atoms with Crippen LogP contribution in [0.5, 0.6) is 5.75 Å². The van der Waals surface area contributed by atoms with E-state index in [1.54, 1.807) is 37.7 Å². The van der Waals surface area contributed by atoms with Crippen LogP contribution in [-0.2, 0) is 0 Å². The van der Waals surface area contributed by atoms with E-state index in [4.69, 9.17) is 4.74 Å². The van der Waals surface area contributed by atoms with E-state index in [-0.39, 0.29) is 0 Å². The quantitative estimate of drug-likeness (QED) is 0.293. The predicted octanol–water partition coefficient (Wildman–Crippen LogP) is 8.33. The van der Waals surface area contributed by atoms with E-state index in [0.29, 0.717) is 11.5 Å². The van der Waals surface area contributed by atoms with Gasteiger partial charge in [-0.05, 0) is 229 Å². The summed E-state index contributed by atoms with van der Waals surface area (Å²) in [5.41, 5.74) is 6.22. The third-order valence-electron chi connectivity index (χ3n) is 24.6. The summed E-state index contributed by atoms with van der Waals surface area (Å²) in [7, 11) is 4.42. The summed E-state index contributed by atoms with van der Waals surface area (Å²) in [4.78, 5) is 2.95. The van der Waals surface area contributed by atoms with Gasteiger partial charge in [0.1, 0.15) is 5.75 Å². The Bertz CT molecular complexity index is 2000. The largest absolute Gasteiger partial charge is 0.497 e. The summed E-state index contributed by atoms with van der Waals surface area (Å²) >= 11 is 0. The average Bonchev–Trinajstić information content (AvgIpc) is 3.98. The van der Waals surface area contributed by atoms with Crippen LogP contribution in [0.4, 0.5) is 0 Å². The molecule has 30 atom stereocenters. The Morgan fingerprint density at radius 3 is 1.94 bits per heavy atom. The Morgan fingerprint density at radius 1 is 0.569 bits per heavy atom. The van der Waals surface area contributed by atoms with Gasteiger partial charge in [0, 0.05) is 18.0 Å². The van der Waals surface area contributed by atoms with Gasteiger partial charge in [-0.25, -0.2) is 0 Å². The first-order chi connectivity index (χ1) is 25.1. The van der Waals surface area contributed by atoms with Crippen molar-refractivity contribution in [1.29, 1.82) is 0 Å². The highest BCUT2D eigenvalue weighted by Crippen LogP contribution is 2.93. The third kappa shape index (κ3) is 2.23. The zero-order chi connectivity index (χ0) is 32.0. The number of allylic oxidation sites excluding steroid dienone is 3. The van der Waals surface area contributed by atoms with Gasteiger partial charge in [0.05, 0.1) is 7.11 Å². The van der Waals surface area contributed by atoms with Gasteiger partial charge in [0.2, 0.25) is 0 Å². The monoisotopic (exact) mass is 673 g/mol. The molecule has 1 saturated heterocycles. The number of likely N-dealkylation sites (tertiary alicyclic amines) is 1. The summed E-state index contributed by atoms with van der Waals surface area (Å²) in [6.45, 7) is 1.35. The van der Waals surface area contributed by atoms with Gasteiger partial charge in [-0.2, -0.15) is 0 Å². The molecule has 1 spiro atoms. The van der Waals surface area contributed by atoms with Crippen LogP contribution >= 0.6 is 0 Å². The molecule has 18 rings (SSSR count). The number of methoxy groups -OCH3 is 1. The predicted molar refractivity (Wildman–Crippen MR) is 192 cm³/mol. The fraction of sp³-hybridized carbons (Fsp3) is 0.796.